The van der Waals surface area contributed by atoms with E-state index in [0.29, 0.717) is 13.0 Å². The Morgan fingerprint density at radius 1 is 1.67 bits per heavy atom. The van der Waals surface area contributed by atoms with E-state index in [-0.39, 0.29) is 5.91 Å². The van der Waals surface area contributed by atoms with Gasteiger partial charge in [-0.25, -0.2) is 0 Å². The molecule has 2 fully saturated rings. The zero-order valence-electron chi connectivity index (χ0n) is 5.13. The highest BCUT2D eigenvalue weighted by atomic mass is 16.3. The van der Waals surface area contributed by atoms with Gasteiger partial charge in [-0.15, -0.1) is 0 Å². The minimum Gasteiger partial charge on any atom is -0.387 e. The lowest BCUT2D eigenvalue weighted by Gasteiger charge is -2.15. The predicted molar refractivity (Wildman–Crippen MR) is 30.8 cm³/mol. The van der Waals surface area contributed by atoms with E-state index in [1.54, 1.807) is 4.90 Å². The Balaban J connectivity index is 2.28. The van der Waals surface area contributed by atoms with Crippen molar-refractivity contribution in [3.63, 3.8) is 0 Å². The molecule has 9 heavy (non-hydrogen) atoms. The van der Waals surface area contributed by atoms with Crippen LogP contribution in [0, 0.1) is 0 Å². The molecular weight excluding hydrogens is 118 g/mol. The van der Waals surface area contributed by atoms with E-state index in [0.717, 1.165) is 13.0 Å². The van der Waals surface area contributed by atoms with Crippen molar-refractivity contribution in [1.82, 2.24) is 4.90 Å². The maximum Gasteiger partial charge on any atom is 0.225 e. The Morgan fingerprint density at radius 2 is 2.44 bits per heavy atom. The lowest BCUT2D eigenvalue weighted by Crippen LogP contribution is -2.28. The van der Waals surface area contributed by atoms with Crippen LogP contribution in [0.4, 0.5) is 0 Å². The van der Waals surface area contributed by atoms with Gasteiger partial charge in [0.2, 0.25) is 5.91 Å². The Hall–Kier alpha value is -0.570. The van der Waals surface area contributed by atoms with Crippen LogP contribution < -0.4 is 0 Å². The molecule has 2 saturated heterocycles. The Morgan fingerprint density at radius 3 is 2.67 bits per heavy atom. The lowest BCUT2D eigenvalue weighted by molar-refractivity contribution is -0.129. The molecule has 1 unspecified atom stereocenters. The van der Waals surface area contributed by atoms with E-state index in [1.165, 1.54) is 0 Å². The number of carbonyl (C=O) groups is 1. The van der Waals surface area contributed by atoms with E-state index in [4.69, 9.17) is 0 Å². The summed E-state index contributed by atoms with van der Waals surface area (Å²) in [6.07, 6.45) is 1.13. The number of hydrogen-bond donors (Lipinski definition) is 1. The third-order valence-corrected chi connectivity index (χ3v) is 2.17. The van der Waals surface area contributed by atoms with Crippen molar-refractivity contribution in [2.24, 2.45) is 0 Å². The maximum absolute atomic E-state index is 10.8. The van der Waals surface area contributed by atoms with Crippen molar-refractivity contribution in [2.75, 3.05) is 13.1 Å². The first-order valence-corrected chi connectivity index (χ1v) is 3.20. The first kappa shape index (κ1) is 5.23. The van der Waals surface area contributed by atoms with Gasteiger partial charge in [0.05, 0.1) is 12.0 Å². The number of aliphatic hydroxyl groups is 1. The highest BCUT2D eigenvalue weighted by Gasteiger charge is 2.46. The van der Waals surface area contributed by atoms with Crippen LogP contribution in [-0.4, -0.2) is 34.6 Å². The highest BCUT2D eigenvalue weighted by Crippen LogP contribution is 2.32. The zero-order valence-corrected chi connectivity index (χ0v) is 5.13. The number of nitrogens with zero attached hydrogens (tertiary/aromatic N) is 1. The molecule has 50 valence electrons. The Kier molecular flexibility index (Phi) is 0.750. The quantitative estimate of drug-likeness (QED) is 0.470. The van der Waals surface area contributed by atoms with Crippen LogP contribution in [0.1, 0.15) is 12.8 Å². The molecule has 3 heteroatoms. The molecule has 0 saturated carbocycles. The average molecular weight is 127 g/mol. The average Bonchev–Trinajstić information content (AvgIpc) is 2.20. The van der Waals surface area contributed by atoms with Crippen molar-refractivity contribution in [2.45, 2.75) is 18.4 Å². The summed E-state index contributed by atoms with van der Waals surface area (Å²) in [7, 11) is 0. The lowest BCUT2D eigenvalue weighted by atomic mass is 10.0. The molecule has 0 spiro atoms. The van der Waals surface area contributed by atoms with Crippen molar-refractivity contribution in [3.8, 4) is 0 Å². The SMILES string of the molecule is O=C1CC2(O)CCN1C2. The summed E-state index contributed by atoms with van der Waals surface area (Å²) in [6.45, 7) is 1.33. The van der Waals surface area contributed by atoms with Gasteiger partial charge in [0.1, 0.15) is 0 Å². The summed E-state index contributed by atoms with van der Waals surface area (Å²) < 4.78 is 0. The van der Waals surface area contributed by atoms with Crippen molar-refractivity contribution >= 4 is 5.91 Å². The molecule has 2 bridgehead atoms. The summed E-state index contributed by atoms with van der Waals surface area (Å²) in [5.74, 6) is 0.115. The van der Waals surface area contributed by atoms with Gasteiger partial charge in [0.15, 0.2) is 0 Å². The van der Waals surface area contributed by atoms with Crippen LogP contribution in [0.3, 0.4) is 0 Å². The van der Waals surface area contributed by atoms with E-state index >= 15 is 0 Å². The van der Waals surface area contributed by atoms with Crippen LogP contribution in [0.15, 0.2) is 0 Å². The van der Waals surface area contributed by atoms with Crippen molar-refractivity contribution < 1.29 is 9.90 Å². The van der Waals surface area contributed by atoms with E-state index in [9.17, 15) is 9.90 Å². The molecule has 2 aliphatic rings. The molecule has 0 aromatic rings. The van der Waals surface area contributed by atoms with Gasteiger partial charge in [-0.2, -0.15) is 0 Å². The van der Waals surface area contributed by atoms with Crippen LogP contribution in [0.5, 0.6) is 0 Å². The zero-order chi connectivity index (χ0) is 6.48. The fourth-order valence-corrected chi connectivity index (χ4v) is 1.61. The molecule has 3 nitrogen and oxygen atoms in total. The van der Waals surface area contributed by atoms with Crippen molar-refractivity contribution in [1.29, 1.82) is 0 Å². The number of amides is 1. The van der Waals surface area contributed by atoms with Gasteiger partial charge in [-0.3, -0.25) is 4.79 Å². The van der Waals surface area contributed by atoms with Crippen LogP contribution in [-0.2, 0) is 4.79 Å². The second-order valence-corrected chi connectivity index (χ2v) is 2.97. The molecule has 0 radical (unpaired) electrons. The fourth-order valence-electron chi connectivity index (χ4n) is 1.61. The maximum atomic E-state index is 10.8. The minimum absolute atomic E-state index is 0.115. The normalized spacial score (nSPS) is 40.6. The minimum atomic E-state index is -0.642. The van der Waals surface area contributed by atoms with Gasteiger partial charge in [-0.1, -0.05) is 0 Å². The van der Waals surface area contributed by atoms with Gasteiger partial charge in [0.25, 0.3) is 0 Å². The first-order chi connectivity index (χ1) is 4.20. The third-order valence-electron chi connectivity index (χ3n) is 2.17. The molecule has 0 aromatic carbocycles. The molecule has 1 amide bonds. The predicted octanol–water partition coefficient (Wildman–Crippen LogP) is -0.647. The van der Waals surface area contributed by atoms with Gasteiger partial charge in [-0.05, 0) is 6.42 Å². The second kappa shape index (κ2) is 1.29. The molecular formula is C6H9NO2. The van der Waals surface area contributed by atoms with E-state index < -0.39 is 5.60 Å². The number of fused-ring (bicyclic) bond motifs is 2. The smallest absolute Gasteiger partial charge is 0.225 e. The summed E-state index contributed by atoms with van der Waals surface area (Å²) >= 11 is 0. The van der Waals surface area contributed by atoms with Crippen molar-refractivity contribution in [3.05, 3.63) is 0 Å². The molecule has 0 aromatic heterocycles. The first-order valence-electron chi connectivity index (χ1n) is 3.20. The molecule has 1 N–H and O–H groups in total. The molecule has 2 aliphatic heterocycles. The third kappa shape index (κ3) is 0.580. The number of piperidine rings is 1. The summed E-state index contributed by atoms with van der Waals surface area (Å²) in [5.41, 5.74) is -0.642. The second-order valence-electron chi connectivity index (χ2n) is 2.97. The van der Waals surface area contributed by atoms with Crippen LogP contribution >= 0.6 is 0 Å². The molecule has 2 rings (SSSR count). The number of carbonyl (C=O) groups excluding carboxylic acids is 1. The Labute approximate surface area is 53.3 Å². The Bertz CT molecular complexity index is 168. The van der Waals surface area contributed by atoms with E-state index in [1.807, 2.05) is 0 Å². The van der Waals surface area contributed by atoms with Crippen LogP contribution in [0.25, 0.3) is 0 Å². The van der Waals surface area contributed by atoms with Gasteiger partial charge >= 0.3 is 0 Å². The number of hydrogen-bond acceptors (Lipinski definition) is 2. The fraction of sp³-hybridized carbons (Fsp3) is 0.833. The van der Waals surface area contributed by atoms with Gasteiger partial charge in [0, 0.05) is 13.1 Å². The molecule has 0 aliphatic carbocycles. The summed E-state index contributed by atoms with van der Waals surface area (Å²) in [5, 5.41) is 9.45. The largest absolute Gasteiger partial charge is 0.387 e. The monoisotopic (exact) mass is 127 g/mol. The van der Waals surface area contributed by atoms with Crippen LogP contribution in [0.2, 0.25) is 0 Å². The molecule has 1 atom stereocenters. The summed E-state index contributed by atoms with van der Waals surface area (Å²) in [6, 6.07) is 0. The molecule has 2 heterocycles. The van der Waals surface area contributed by atoms with E-state index in [2.05, 4.69) is 0 Å². The topological polar surface area (TPSA) is 40.5 Å². The highest BCUT2D eigenvalue weighted by molar-refractivity contribution is 5.81. The number of rotatable bonds is 0. The summed E-state index contributed by atoms with van der Waals surface area (Å²) in [4.78, 5) is 12.5. The standard InChI is InChI=1S/C6H9NO2/c8-5-3-6(9)1-2-7(5)4-6/h9H,1-4H2. The van der Waals surface area contributed by atoms with Gasteiger partial charge < -0.3 is 10.0 Å².